The van der Waals surface area contributed by atoms with Crippen LogP contribution >= 0.6 is 15.9 Å². The highest BCUT2D eigenvalue weighted by molar-refractivity contribution is 9.09. The van der Waals surface area contributed by atoms with Crippen LogP contribution in [0.25, 0.3) is 0 Å². The lowest BCUT2D eigenvalue weighted by Crippen LogP contribution is -2.09. The molecule has 0 amide bonds. The Labute approximate surface area is 124 Å². The van der Waals surface area contributed by atoms with E-state index in [2.05, 4.69) is 71.4 Å². The summed E-state index contributed by atoms with van der Waals surface area (Å²) in [5.74, 6) is 0.703. The zero-order valence-electron chi connectivity index (χ0n) is 11.3. The van der Waals surface area contributed by atoms with Crippen LogP contribution in [0, 0.1) is 0 Å². The van der Waals surface area contributed by atoms with Crippen LogP contribution in [0.3, 0.4) is 0 Å². The molecule has 2 unspecified atom stereocenters. The van der Waals surface area contributed by atoms with E-state index >= 15 is 0 Å². The third-order valence-electron chi connectivity index (χ3n) is 4.12. The van der Waals surface area contributed by atoms with Crippen molar-refractivity contribution in [2.75, 3.05) is 0 Å². The molecule has 0 aliphatic heterocycles. The van der Waals surface area contributed by atoms with Gasteiger partial charge in [-0.2, -0.15) is 0 Å². The van der Waals surface area contributed by atoms with Crippen LogP contribution in [0.5, 0.6) is 0 Å². The summed E-state index contributed by atoms with van der Waals surface area (Å²) < 4.78 is 0. The Morgan fingerprint density at radius 3 is 2.53 bits per heavy atom. The quantitative estimate of drug-likeness (QED) is 0.632. The molecule has 0 aromatic heterocycles. The number of hydrogen-bond acceptors (Lipinski definition) is 0. The van der Waals surface area contributed by atoms with Crippen molar-refractivity contribution in [1.82, 2.24) is 0 Å². The van der Waals surface area contributed by atoms with Crippen molar-refractivity contribution in [1.29, 1.82) is 0 Å². The van der Waals surface area contributed by atoms with E-state index in [0.29, 0.717) is 10.7 Å². The molecule has 0 saturated heterocycles. The highest BCUT2D eigenvalue weighted by Gasteiger charge is 2.22. The van der Waals surface area contributed by atoms with Crippen LogP contribution in [0.2, 0.25) is 0 Å². The second-order valence-electron chi connectivity index (χ2n) is 5.57. The van der Waals surface area contributed by atoms with Crippen molar-refractivity contribution in [3.05, 3.63) is 70.8 Å². The van der Waals surface area contributed by atoms with Crippen molar-refractivity contribution < 1.29 is 0 Å². The van der Waals surface area contributed by atoms with Gasteiger partial charge in [0.05, 0.1) is 0 Å². The molecule has 0 spiro atoms. The second kappa shape index (κ2) is 5.50. The lowest BCUT2D eigenvalue weighted by atomic mass is 9.82. The highest BCUT2D eigenvalue weighted by Crippen LogP contribution is 2.42. The van der Waals surface area contributed by atoms with Crippen LogP contribution in [0.4, 0.5) is 0 Å². The molecular weight excluding hydrogens is 296 g/mol. The summed E-state index contributed by atoms with van der Waals surface area (Å²) in [5, 5.41) is 0. The van der Waals surface area contributed by atoms with Gasteiger partial charge in [-0.05, 0) is 47.4 Å². The zero-order chi connectivity index (χ0) is 13.2. The van der Waals surface area contributed by atoms with Crippen molar-refractivity contribution in [2.24, 2.45) is 0 Å². The number of alkyl halides is 1. The average molecular weight is 315 g/mol. The zero-order valence-corrected chi connectivity index (χ0v) is 12.9. The molecule has 2 aromatic carbocycles. The molecule has 1 aliphatic carbocycles. The van der Waals surface area contributed by atoms with Gasteiger partial charge in [-0.3, -0.25) is 0 Å². The summed E-state index contributed by atoms with van der Waals surface area (Å²) in [4.78, 5) is 0.537. The SMILES string of the molecule is CC1CCC(Br)c2cc(Cc3ccccc3)ccc21. The first kappa shape index (κ1) is 12.9. The summed E-state index contributed by atoms with van der Waals surface area (Å²) in [6, 6.07) is 17.7. The van der Waals surface area contributed by atoms with Gasteiger partial charge >= 0.3 is 0 Å². The van der Waals surface area contributed by atoms with E-state index in [0.717, 1.165) is 6.42 Å². The molecule has 2 atom stereocenters. The fourth-order valence-electron chi connectivity index (χ4n) is 2.99. The molecule has 0 bridgehead atoms. The van der Waals surface area contributed by atoms with Crippen LogP contribution in [-0.4, -0.2) is 0 Å². The van der Waals surface area contributed by atoms with E-state index in [1.165, 1.54) is 35.1 Å². The fraction of sp³-hybridized carbons (Fsp3) is 0.333. The Kier molecular flexibility index (Phi) is 3.74. The van der Waals surface area contributed by atoms with Crippen LogP contribution in [0.1, 0.15) is 52.8 Å². The first-order valence-electron chi connectivity index (χ1n) is 7.05. The summed E-state index contributed by atoms with van der Waals surface area (Å²) in [6.45, 7) is 2.34. The number of benzene rings is 2. The maximum atomic E-state index is 3.83. The highest BCUT2D eigenvalue weighted by atomic mass is 79.9. The van der Waals surface area contributed by atoms with Gasteiger partial charge in [-0.1, -0.05) is 71.4 Å². The van der Waals surface area contributed by atoms with Gasteiger partial charge in [0, 0.05) is 4.83 Å². The van der Waals surface area contributed by atoms with E-state index < -0.39 is 0 Å². The molecule has 0 heterocycles. The molecule has 0 nitrogen and oxygen atoms in total. The average Bonchev–Trinajstić information content (AvgIpc) is 2.44. The molecule has 0 radical (unpaired) electrons. The molecule has 3 rings (SSSR count). The molecule has 98 valence electrons. The standard InChI is InChI=1S/C18H19Br/c1-13-7-10-18(19)17-12-15(8-9-16(13)17)11-14-5-3-2-4-6-14/h2-6,8-9,12-13,18H,7,10-11H2,1H3. The first-order valence-corrected chi connectivity index (χ1v) is 7.96. The predicted octanol–water partition coefficient (Wildman–Crippen LogP) is 5.61. The third-order valence-corrected chi connectivity index (χ3v) is 5.07. The van der Waals surface area contributed by atoms with Gasteiger partial charge in [-0.25, -0.2) is 0 Å². The van der Waals surface area contributed by atoms with Gasteiger partial charge in [0.15, 0.2) is 0 Å². The molecule has 0 N–H and O–H groups in total. The third kappa shape index (κ3) is 2.76. The number of hydrogen-bond donors (Lipinski definition) is 0. The lowest BCUT2D eigenvalue weighted by molar-refractivity contribution is 0.587. The molecular formula is C18H19Br. The number of rotatable bonds is 2. The normalized spacial score (nSPS) is 22.0. The maximum absolute atomic E-state index is 3.83. The van der Waals surface area contributed by atoms with E-state index in [1.54, 1.807) is 0 Å². The van der Waals surface area contributed by atoms with Gasteiger partial charge in [0.1, 0.15) is 0 Å². The molecule has 2 aromatic rings. The minimum absolute atomic E-state index is 0.537. The van der Waals surface area contributed by atoms with E-state index in [1.807, 2.05) is 0 Å². The van der Waals surface area contributed by atoms with Gasteiger partial charge in [0.25, 0.3) is 0 Å². The van der Waals surface area contributed by atoms with E-state index in [-0.39, 0.29) is 0 Å². The monoisotopic (exact) mass is 314 g/mol. The Morgan fingerprint density at radius 2 is 1.74 bits per heavy atom. The summed E-state index contributed by atoms with van der Waals surface area (Å²) >= 11 is 3.83. The van der Waals surface area contributed by atoms with E-state index in [4.69, 9.17) is 0 Å². The number of fused-ring (bicyclic) bond motifs is 1. The fourth-order valence-corrected chi connectivity index (χ4v) is 3.65. The van der Waals surface area contributed by atoms with Crippen molar-refractivity contribution in [2.45, 2.75) is 36.9 Å². The van der Waals surface area contributed by atoms with Gasteiger partial charge in [-0.15, -0.1) is 0 Å². The topological polar surface area (TPSA) is 0 Å². The minimum atomic E-state index is 0.537. The summed E-state index contributed by atoms with van der Waals surface area (Å²) in [7, 11) is 0. The second-order valence-corrected chi connectivity index (χ2v) is 6.68. The molecule has 0 saturated carbocycles. The molecule has 1 aliphatic rings. The summed E-state index contributed by atoms with van der Waals surface area (Å²) in [6.07, 6.45) is 3.58. The molecule has 0 fully saturated rings. The van der Waals surface area contributed by atoms with Crippen LogP contribution in [0.15, 0.2) is 48.5 Å². The van der Waals surface area contributed by atoms with Crippen LogP contribution < -0.4 is 0 Å². The number of halogens is 1. The van der Waals surface area contributed by atoms with E-state index in [9.17, 15) is 0 Å². The van der Waals surface area contributed by atoms with Crippen molar-refractivity contribution in [3.63, 3.8) is 0 Å². The summed E-state index contributed by atoms with van der Waals surface area (Å²) in [5.41, 5.74) is 5.85. The molecule has 19 heavy (non-hydrogen) atoms. The Morgan fingerprint density at radius 1 is 0.947 bits per heavy atom. The maximum Gasteiger partial charge on any atom is 0.0398 e. The van der Waals surface area contributed by atoms with Crippen LogP contribution in [-0.2, 0) is 6.42 Å². The molecule has 1 heteroatoms. The smallest absolute Gasteiger partial charge is 0.0398 e. The largest absolute Gasteiger partial charge is 0.0839 e. The van der Waals surface area contributed by atoms with Crippen molar-refractivity contribution in [3.8, 4) is 0 Å². The first-order chi connectivity index (χ1) is 9.24. The van der Waals surface area contributed by atoms with Gasteiger partial charge < -0.3 is 0 Å². The Hall–Kier alpha value is -1.08. The Bertz CT molecular complexity index is 559. The lowest BCUT2D eigenvalue weighted by Gasteiger charge is -2.27. The predicted molar refractivity (Wildman–Crippen MR) is 85.0 cm³/mol. The van der Waals surface area contributed by atoms with Gasteiger partial charge in [0.2, 0.25) is 0 Å². The Balaban J connectivity index is 1.91. The van der Waals surface area contributed by atoms with Crippen molar-refractivity contribution >= 4 is 15.9 Å². The minimum Gasteiger partial charge on any atom is -0.0839 e.